The minimum atomic E-state index is -1.20. The van der Waals surface area contributed by atoms with Crippen LogP contribution in [0, 0.1) is 12.7 Å². The van der Waals surface area contributed by atoms with Crippen molar-refractivity contribution in [3.8, 4) is 0 Å². The molecule has 0 bridgehead atoms. The zero-order chi connectivity index (χ0) is 18.6. The fourth-order valence-electron chi connectivity index (χ4n) is 2.10. The summed E-state index contributed by atoms with van der Waals surface area (Å²) in [6, 6.07) is 5.51. The van der Waals surface area contributed by atoms with E-state index in [-0.39, 0.29) is 23.8 Å². The van der Waals surface area contributed by atoms with Crippen LogP contribution in [0.1, 0.15) is 34.1 Å². The molecule has 0 aliphatic rings. The van der Waals surface area contributed by atoms with Gasteiger partial charge in [-0.2, -0.15) is 0 Å². The smallest absolute Gasteiger partial charge is 0.374 e. The maximum Gasteiger partial charge on any atom is 0.374 e. The first-order valence-corrected chi connectivity index (χ1v) is 7.21. The maximum absolute atomic E-state index is 13.0. The molecule has 0 spiro atoms. The number of ketones is 3. The zero-order valence-electron chi connectivity index (χ0n) is 13.5. The third-order valence-corrected chi connectivity index (χ3v) is 3.28. The molecule has 0 radical (unpaired) electrons. The number of rotatable bonds is 7. The number of hydrogen-bond acceptors (Lipinski definition) is 7. The van der Waals surface area contributed by atoms with Crippen LogP contribution in [0.2, 0.25) is 0 Å². The first kappa shape index (κ1) is 18.2. The van der Waals surface area contributed by atoms with Crippen LogP contribution in [0.4, 0.5) is 4.39 Å². The van der Waals surface area contributed by atoms with Crippen molar-refractivity contribution >= 4 is 23.3 Å². The van der Waals surface area contributed by atoms with E-state index in [2.05, 4.69) is 9.72 Å². The highest BCUT2D eigenvalue weighted by Crippen LogP contribution is 2.17. The number of Topliss-reactive ketones (excluding diaryl/α,β-unsaturated/α-hetero) is 3. The van der Waals surface area contributed by atoms with Crippen molar-refractivity contribution in [1.82, 2.24) is 4.98 Å². The molecular weight excluding hydrogens is 333 g/mol. The van der Waals surface area contributed by atoms with Crippen LogP contribution in [0.3, 0.4) is 0 Å². The summed E-state index contributed by atoms with van der Waals surface area (Å²) in [5, 5.41) is 0. The highest BCUT2D eigenvalue weighted by Gasteiger charge is 2.28. The first-order chi connectivity index (χ1) is 11.8. The summed E-state index contributed by atoms with van der Waals surface area (Å²) in [7, 11) is 0.994. The van der Waals surface area contributed by atoms with E-state index in [4.69, 9.17) is 4.42 Å². The number of esters is 1. The van der Waals surface area contributed by atoms with E-state index in [1.54, 1.807) is 0 Å². The number of aromatic nitrogens is 1. The van der Waals surface area contributed by atoms with Crippen molar-refractivity contribution in [1.29, 1.82) is 0 Å². The molecule has 0 saturated carbocycles. The van der Waals surface area contributed by atoms with Crippen molar-refractivity contribution in [2.24, 2.45) is 0 Å². The molecule has 8 heteroatoms. The summed E-state index contributed by atoms with van der Waals surface area (Å²) in [4.78, 5) is 50.5. The molecule has 0 aliphatic carbocycles. The molecule has 0 atom stereocenters. The number of halogens is 1. The van der Waals surface area contributed by atoms with Gasteiger partial charge in [-0.3, -0.25) is 14.4 Å². The highest BCUT2D eigenvalue weighted by molar-refractivity contribution is 6.50. The molecule has 7 nitrogen and oxygen atoms in total. The van der Waals surface area contributed by atoms with Gasteiger partial charge in [0.2, 0.25) is 11.6 Å². The predicted octanol–water partition coefficient (Wildman–Crippen LogP) is 1.60. The highest BCUT2D eigenvalue weighted by atomic mass is 19.1. The van der Waals surface area contributed by atoms with E-state index in [1.807, 2.05) is 0 Å². The van der Waals surface area contributed by atoms with Gasteiger partial charge in [0.15, 0.2) is 11.6 Å². The van der Waals surface area contributed by atoms with Gasteiger partial charge in [0.25, 0.3) is 5.78 Å². The van der Waals surface area contributed by atoms with E-state index < -0.39 is 35.6 Å². The fraction of sp³-hybridized carbons (Fsp3) is 0.235. The number of methoxy groups -OCH3 is 1. The lowest BCUT2D eigenvalue weighted by atomic mass is 10.0. The summed E-state index contributed by atoms with van der Waals surface area (Å²) in [5.41, 5.74) is 0.411. The van der Waals surface area contributed by atoms with Crippen molar-refractivity contribution < 1.29 is 32.7 Å². The first-order valence-electron chi connectivity index (χ1n) is 7.21. The molecule has 1 heterocycles. The maximum atomic E-state index is 13.0. The average Bonchev–Trinajstić information content (AvgIpc) is 2.95. The minimum absolute atomic E-state index is 0.112. The monoisotopic (exact) mass is 347 g/mol. The van der Waals surface area contributed by atoms with Gasteiger partial charge in [0.1, 0.15) is 11.6 Å². The van der Waals surface area contributed by atoms with Crippen molar-refractivity contribution in [2.45, 2.75) is 19.8 Å². The summed E-state index contributed by atoms with van der Waals surface area (Å²) in [5.74, 6) is -4.59. The van der Waals surface area contributed by atoms with E-state index in [0.29, 0.717) is 5.56 Å². The summed E-state index contributed by atoms with van der Waals surface area (Å²) in [6.07, 6.45) is -0.798. The Bertz CT molecular complexity index is 837. The standard InChI is InChI=1S/C17H14FNO6/c1-9-19-15(16(22)12(20)8-13(21)17(23)24-2)14(25-9)7-10-3-5-11(18)6-4-10/h3-6H,7-8H2,1-2H3. The van der Waals surface area contributed by atoms with Crippen LogP contribution >= 0.6 is 0 Å². The van der Waals surface area contributed by atoms with Gasteiger partial charge in [-0.1, -0.05) is 12.1 Å². The Hall–Kier alpha value is -3.16. The van der Waals surface area contributed by atoms with Crippen LogP contribution in [-0.2, 0) is 25.5 Å². The third-order valence-electron chi connectivity index (χ3n) is 3.28. The van der Waals surface area contributed by atoms with Gasteiger partial charge in [-0.25, -0.2) is 14.2 Å². The summed E-state index contributed by atoms with van der Waals surface area (Å²) >= 11 is 0. The molecule has 0 amide bonds. The lowest BCUT2D eigenvalue weighted by Crippen LogP contribution is -2.24. The van der Waals surface area contributed by atoms with Crippen LogP contribution in [0.5, 0.6) is 0 Å². The quantitative estimate of drug-likeness (QED) is 0.324. The number of benzene rings is 1. The number of carbonyl (C=O) groups is 4. The normalized spacial score (nSPS) is 10.4. The number of oxazole rings is 1. The van der Waals surface area contributed by atoms with Gasteiger partial charge < -0.3 is 9.15 Å². The van der Waals surface area contributed by atoms with E-state index in [1.165, 1.54) is 31.2 Å². The predicted molar refractivity (Wildman–Crippen MR) is 81.4 cm³/mol. The Balaban J connectivity index is 2.19. The average molecular weight is 347 g/mol. The molecule has 1 aromatic heterocycles. The number of nitrogens with zero attached hydrogens (tertiary/aromatic N) is 1. The van der Waals surface area contributed by atoms with Gasteiger partial charge in [0, 0.05) is 13.3 Å². The summed E-state index contributed by atoms with van der Waals surface area (Å²) in [6.45, 7) is 1.50. The Morgan fingerprint density at radius 2 is 1.76 bits per heavy atom. The second-order valence-electron chi connectivity index (χ2n) is 5.15. The third kappa shape index (κ3) is 4.43. The Labute approximate surface area is 141 Å². The Morgan fingerprint density at radius 3 is 2.36 bits per heavy atom. The molecular formula is C17H14FNO6. The lowest BCUT2D eigenvalue weighted by molar-refractivity contribution is -0.152. The molecule has 1 aromatic carbocycles. The largest absolute Gasteiger partial charge is 0.463 e. The molecule has 0 saturated heterocycles. The van der Waals surface area contributed by atoms with Gasteiger partial charge in [-0.15, -0.1) is 0 Å². The van der Waals surface area contributed by atoms with E-state index in [9.17, 15) is 23.6 Å². The molecule has 2 rings (SSSR count). The molecule has 0 fully saturated rings. The van der Waals surface area contributed by atoms with Crippen LogP contribution in [0.25, 0.3) is 0 Å². The topological polar surface area (TPSA) is 104 Å². The van der Waals surface area contributed by atoms with Crippen molar-refractivity contribution in [3.63, 3.8) is 0 Å². The minimum Gasteiger partial charge on any atom is -0.463 e. The van der Waals surface area contributed by atoms with Crippen LogP contribution < -0.4 is 0 Å². The van der Waals surface area contributed by atoms with Crippen molar-refractivity contribution in [2.75, 3.05) is 7.11 Å². The second kappa shape index (κ2) is 7.61. The Kier molecular flexibility index (Phi) is 5.53. The lowest BCUT2D eigenvalue weighted by Gasteiger charge is -2.01. The van der Waals surface area contributed by atoms with Gasteiger partial charge in [0.05, 0.1) is 13.5 Å². The van der Waals surface area contributed by atoms with Crippen molar-refractivity contribution in [3.05, 3.63) is 53.0 Å². The number of aryl methyl sites for hydroxylation is 1. The fourth-order valence-corrected chi connectivity index (χ4v) is 2.10. The van der Waals surface area contributed by atoms with Crippen LogP contribution in [0.15, 0.2) is 28.7 Å². The zero-order valence-corrected chi connectivity index (χ0v) is 13.5. The summed E-state index contributed by atoms with van der Waals surface area (Å²) < 4.78 is 22.5. The molecule has 25 heavy (non-hydrogen) atoms. The van der Waals surface area contributed by atoms with Gasteiger partial charge >= 0.3 is 5.97 Å². The molecule has 2 aromatic rings. The molecule has 130 valence electrons. The number of carbonyl (C=O) groups excluding carboxylic acids is 4. The Morgan fingerprint density at radius 1 is 1.12 bits per heavy atom. The van der Waals surface area contributed by atoms with E-state index >= 15 is 0 Å². The van der Waals surface area contributed by atoms with Crippen LogP contribution in [-0.4, -0.2) is 35.4 Å². The SMILES string of the molecule is COC(=O)C(=O)CC(=O)C(=O)c1nc(C)oc1Cc1ccc(F)cc1. The second-order valence-corrected chi connectivity index (χ2v) is 5.15. The number of ether oxygens (including phenoxy) is 1. The van der Waals surface area contributed by atoms with Gasteiger partial charge in [-0.05, 0) is 17.7 Å². The molecule has 0 N–H and O–H groups in total. The molecule has 0 aliphatic heterocycles. The van der Waals surface area contributed by atoms with E-state index in [0.717, 1.165) is 7.11 Å². The number of hydrogen-bond donors (Lipinski definition) is 0. The molecule has 0 unspecified atom stereocenters.